The van der Waals surface area contributed by atoms with Gasteiger partial charge in [-0.3, -0.25) is 19.0 Å². The third-order valence-corrected chi connectivity index (χ3v) is 19.6. The quantitative estimate of drug-likeness (QED) is 0.161. The second kappa shape index (κ2) is 15.9. The second-order valence-corrected chi connectivity index (χ2v) is 22.8. The van der Waals surface area contributed by atoms with Gasteiger partial charge in [-0.1, -0.05) is 86.2 Å². The van der Waals surface area contributed by atoms with Gasteiger partial charge in [-0.15, -0.1) is 0 Å². The average Bonchev–Trinajstić information content (AvgIpc) is 3.37. The van der Waals surface area contributed by atoms with Gasteiger partial charge in [-0.2, -0.15) is 4.57 Å². The van der Waals surface area contributed by atoms with E-state index in [1.54, 1.807) is 30.3 Å². The highest BCUT2D eigenvalue weighted by Gasteiger charge is 2.62. The standard InChI is InChI=1S/C35H52N2O10Si2/c1-11-18-42-29(38)17-19-43-31-30-28(21-44-48(22(2)3,23(4)5)47-49(46-30,24(6)7)25(8)9)45-34(31)36-20-26(10)32(39)37(35(36)41)33(40)27-15-13-12-14-16-27/h11-16,20,22-25,28,30-31,34H,1,17-19,21H2,2-10H3/t28-,30?,31+,34-/m1/s1. The van der Waals surface area contributed by atoms with Gasteiger partial charge < -0.3 is 27.2 Å². The number of ether oxygens (including phenoxy) is 3. The van der Waals surface area contributed by atoms with Crippen molar-refractivity contribution in [3.05, 3.63) is 81.1 Å². The van der Waals surface area contributed by atoms with Crippen molar-refractivity contribution in [2.45, 2.75) is 115 Å². The van der Waals surface area contributed by atoms with E-state index >= 15 is 0 Å². The largest absolute Gasteiger partial charge is 0.461 e. The number of esters is 1. The fraction of sp³-hybridized carbons (Fsp3) is 0.600. The molecular weight excluding hydrogens is 665 g/mol. The summed E-state index contributed by atoms with van der Waals surface area (Å²) in [6.07, 6.45) is -0.765. The van der Waals surface area contributed by atoms with Crippen LogP contribution in [0.25, 0.3) is 0 Å². The predicted molar refractivity (Wildman–Crippen MR) is 189 cm³/mol. The first-order valence-electron chi connectivity index (χ1n) is 17.1. The van der Waals surface area contributed by atoms with Gasteiger partial charge >= 0.3 is 28.8 Å². The lowest BCUT2D eigenvalue weighted by atomic mass is 10.1. The van der Waals surface area contributed by atoms with Crippen LogP contribution in [0, 0.1) is 6.92 Å². The minimum absolute atomic E-state index is 0.00294. The molecule has 3 heterocycles. The highest BCUT2D eigenvalue weighted by atomic mass is 28.5. The Balaban J connectivity index is 1.86. The molecule has 4 atom stereocenters. The lowest BCUT2D eigenvalue weighted by molar-refractivity contribution is -0.145. The molecule has 0 bridgehead atoms. The summed E-state index contributed by atoms with van der Waals surface area (Å²) in [5.41, 5.74) is -1.08. The molecule has 49 heavy (non-hydrogen) atoms. The molecule has 2 aliphatic heterocycles. The number of hydrogen-bond acceptors (Lipinski definition) is 10. The van der Waals surface area contributed by atoms with E-state index in [9.17, 15) is 19.2 Å². The summed E-state index contributed by atoms with van der Waals surface area (Å²) in [4.78, 5) is 53.4. The Morgan fingerprint density at radius 3 is 2.16 bits per heavy atom. The van der Waals surface area contributed by atoms with Crippen LogP contribution in [0.1, 0.15) is 84.0 Å². The number of carbonyl (C=O) groups is 2. The molecule has 12 nitrogen and oxygen atoms in total. The van der Waals surface area contributed by atoms with Crippen LogP contribution in [0.5, 0.6) is 0 Å². The van der Waals surface area contributed by atoms with E-state index in [0.717, 1.165) is 0 Å². The lowest BCUT2D eigenvalue weighted by Gasteiger charge is -2.51. The molecule has 0 saturated carbocycles. The molecule has 0 amide bonds. The molecule has 4 rings (SSSR count). The number of nitrogens with zero attached hydrogens (tertiary/aromatic N) is 2. The molecule has 2 aromatic rings. The van der Waals surface area contributed by atoms with Crippen molar-refractivity contribution in [1.82, 2.24) is 9.13 Å². The van der Waals surface area contributed by atoms with Crippen molar-refractivity contribution < 1.29 is 36.8 Å². The van der Waals surface area contributed by atoms with Gasteiger partial charge in [0.2, 0.25) is 0 Å². The fourth-order valence-corrected chi connectivity index (χ4v) is 18.0. The highest BCUT2D eigenvalue weighted by Crippen LogP contribution is 2.48. The molecule has 0 aliphatic carbocycles. The van der Waals surface area contributed by atoms with Crippen LogP contribution in [-0.2, 0) is 32.0 Å². The smallest absolute Gasteiger partial charge is 0.340 e. The molecule has 0 spiro atoms. The lowest BCUT2D eigenvalue weighted by Crippen LogP contribution is -2.66. The summed E-state index contributed by atoms with van der Waals surface area (Å²) in [5.74, 6) is -1.24. The zero-order chi connectivity index (χ0) is 36.3. The van der Waals surface area contributed by atoms with Crippen molar-refractivity contribution >= 4 is 29.0 Å². The molecule has 1 aromatic heterocycles. The summed E-state index contributed by atoms with van der Waals surface area (Å²) in [5, 5.41) is 0. The van der Waals surface area contributed by atoms with Crippen LogP contribution in [0.4, 0.5) is 0 Å². The van der Waals surface area contributed by atoms with E-state index in [1.807, 2.05) is 0 Å². The zero-order valence-corrected chi connectivity index (χ0v) is 32.2. The molecule has 2 aliphatic rings. The number of benzene rings is 1. The number of carbonyl (C=O) groups excluding carboxylic acids is 2. The Hall–Kier alpha value is -2.99. The number of aromatic nitrogens is 2. The summed E-state index contributed by atoms with van der Waals surface area (Å²) in [6, 6.07) is 8.13. The van der Waals surface area contributed by atoms with Crippen molar-refractivity contribution in [2.75, 3.05) is 19.8 Å². The minimum Gasteiger partial charge on any atom is -0.461 e. The van der Waals surface area contributed by atoms with Crippen molar-refractivity contribution in [2.24, 2.45) is 0 Å². The molecule has 1 aromatic carbocycles. The van der Waals surface area contributed by atoms with Crippen molar-refractivity contribution in [1.29, 1.82) is 0 Å². The van der Waals surface area contributed by atoms with Gasteiger partial charge in [0, 0.05) is 17.3 Å². The molecule has 0 N–H and O–H groups in total. The van der Waals surface area contributed by atoms with Gasteiger partial charge in [0.1, 0.15) is 24.9 Å². The third kappa shape index (κ3) is 7.70. The van der Waals surface area contributed by atoms with E-state index in [0.29, 0.717) is 4.57 Å². The van der Waals surface area contributed by atoms with E-state index in [2.05, 4.69) is 62.0 Å². The molecule has 270 valence electrons. The van der Waals surface area contributed by atoms with Crippen LogP contribution < -0.4 is 11.2 Å². The SMILES string of the molecule is C=CCOC(=O)CCO[C@H]1C2O[Si](C(C)C)(C(C)C)O[Si](C(C)C)(C(C)C)OC[C@H]2O[C@H]1n1cc(C)c(=O)n(C(=O)c2ccccc2)c1=O. The first kappa shape index (κ1) is 38.8. The average molecular weight is 717 g/mol. The van der Waals surface area contributed by atoms with Gasteiger partial charge in [0.15, 0.2) is 6.23 Å². The molecular formula is C35H52N2O10Si2. The van der Waals surface area contributed by atoms with Gasteiger partial charge in [-0.05, 0) is 41.2 Å². The van der Waals surface area contributed by atoms with Gasteiger partial charge in [-0.25, -0.2) is 4.79 Å². The Kier molecular flexibility index (Phi) is 12.6. The van der Waals surface area contributed by atoms with Crippen LogP contribution in [0.15, 0.2) is 58.8 Å². The zero-order valence-electron chi connectivity index (χ0n) is 30.2. The van der Waals surface area contributed by atoms with Crippen LogP contribution in [-0.4, -0.2) is 76.3 Å². The van der Waals surface area contributed by atoms with Crippen LogP contribution >= 0.6 is 0 Å². The summed E-state index contributed by atoms with van der Waals surface area (Å²) in [7, 11) is -6.06. The topological polar surface area (TPSA) is 134 Å². The molecule has 14 heteroatoms. The number of fused-ring (bicyclic) bond motifs is 1. The number of hydrogen-bond donors (Lipinski definition) is 0. The van der Waals surface area contributed by atoms with Gasteiger partial charge in [0.25, 0.3) is 11.5 Å². The van der Waals surface area contributed by atoms with E-state index in [1.165, 1.54) is 23.8 Å². The Bertz CT molecular complexity index is 1590. The minimum atomic E-state index is -3.15. The highest BCUT2D eigenvalue weighted by molar-refractivity contribution is 6.84. The summed E-state index contributed by atoms with van der Waals surface area (Å²) >= 11 is 0. The van der Waals surface area contributed by atoms with E-state index < -0.39 is 64.8 Å². The molecule has 1 unspecified atom stereocenters. The van der Waals surface area contributed by atoms with E-state index in [4.69, 9.17) is 27.2 Å². The summed E-state index contributed by atoms with van der Waals surface area (Å²) < 4.78 is 41.5. The van der Waals surface area contributed by atoms with Crippen molar-refractivity contribution in [3.63, 3.8) is 0 Å². The van der Waals surface area contributed by atoms with Crippen LogP contribution in [0.2, 0.25) is 22.2 Å². The maximum atomic E-state index is 14.2. The molecule has 2 saturated heterocycles. The van der Waals surface area contributed by atoms with E-state index in [-0.39, 0.29) is 59.5 Å². The fourth-order valence-electron chi connectivity index (χ4n) is 6.80. The summed E-state index contributed by atoms with van der Waals surface area (Å²) in [6.45, 7) is 22.1. The Morgan fingerprint density at radius 1 is 0.980 bits per heavy atom. The maximum Gasteiger partial charge on any atom is 0.340 e. The van der Waals surface area contributed by atoms with Gasteiger partial charge in [0.05, 0.1) is 19.6 Å². The monoisotopic (exact) mass is 716 g/mol. The van der Waals surface area contributed by atoms with Crippen LogP contribution in [0.3, 0.4) is 0 Å². The maximum absolute atomic E-state index is 14.2. The van der Waals surface area contributed by atoms with Crippen molar-refractivity contribution in [3.8, 4) is 0 Å². The molecule has 2 fully saturated rings. The Labute approximate surface area is 290 Å². The Morgan fingerprint density at radius 2 is 1.59 bits per heavy atom. The second-order valence-electron chi connectivity index (χ2n) is 14.0. The first-order chi connectivity index (χ1) is 23.1. The first-order valence-corrected chi connectivity index (χ1v) is 21.1. The third-order valence-electron chi connectivity index (χ3n) is 9.38. The number of rotatable bonds is 12. The predicted octanol–water partition coefficient (Wildman–Crippen LogP) is 5.37. The molecule has 0 radical (unpaired) electrons. The normalized spacial score (nSPS) is 23.4. The number of aryl methyl sites for hydroxylation is 1.